The average molecular weight is 1890 g/mol. The smallest absolute Gasteiger partial charge is 0.329 e. The topological polar surface area (TPSA) is 741 Å². The molecule has 6 unspecified atom stereocenters. The van der Waals surface area contributed by atoms with Crippen molar-refractivity contribution >= 4 is 89.8 Å². The van der Waals surface area contributed by atoms with Crippen LogP contribution in [0.5, 0.6) is 11.5 Å². The number of unbranched alkanes of at least 4 members (excludes halogenated alkanes) is 8. The van der Waals surface area contributed by atoms with E-state index in [9.17, 15) is 110 Å². The Morgan fingerprint density at radius 2 is 1.14 bits per heavy atom. The number of carbonyl (C=O) groups is 15. The maximum absolute atomic E-state index is 15.4. The molecule has 0 aromatic heterocycles. The molecule has 47 nitrogen and oxygen atoms in total. The normalized spacial score (nSPS) is 29.0. The van der Waals surface area contributed by atoms with Crippen LogP contribution in [0.4, 0.5) is 0 Å². The summed E-state index contributed by atoms with van der Waals surface area (Å²) in [4.78, 5) is 200. The molecule has 11 amide bonds. The third-order valence-electron chi connectivity index (χ3n) is 21.2. The van der Waals surface area contributed by atoms with Crippen LogP contribution in [0, 0.1) is 0 Å². The monoisotopic (exact) mass is 1880 g/mol. The van der Waals surface area contributed by atoms with Crippen LogP contribution in [0.15, 0.2) is 60.3 Å². The summed E-state index contributed by atoms with van der Waals surface area (Å²) in [6.07, 6.45) is -28.4. The van der Waals surface area contributed by atoms with Crippen LogP contribution in [0.2, 0.25) is 0 Å². The maximum atomic E-state index is 15.4. The molecule has 4 fully saturated rings. The molecule has 4 aliphatic rings. The number of hydrogen-bond donors (Lipinski definition) is 24. The summed E-state index contributed by atoms with van der Waals surface area (Å²) in [5.41, 5.74) is 5.19. The van der Waals surface area contributed by atoms with Crippen molar-refractivity contribution in [2.24, 2.45) is 5.73 Å². The molecule has 0 spiro atoms. The van der Waals surface area contributed by atoms with Gasteiger partial charge in [-0.05, 0) is 104 Å². The number of phenolic OH excluding ortho intramolecular Hbond substituents is 2. The number of nitrogens with two attached hydrogens (primary N) is 1. The molecule has 132 heavy (non-hydrogen) atoms. The van der Waals surface area contributed by atoms with Crippen LogP contribution in [0.25, 0.3) is 0 Å². The number of aliphatic hydroxyl groups excluding tert-OH is 12. The van der Waals surface area contributed by atoms with E-state index in [2.05, 4.69) is 54.8 Å². The number of benzene rings is 2. The molecule has 0 radical (unpaired) electrons. The van der Waals surface area contributed by atoms with Gasteiger partial charge in [0.05, 0.1) is 50.8 Å². The summed E-state index contributed by atoms with van der Waals surface area (Å²) in [5.74, 6) is -15.9. The van der Waals surface area contributed by atoms with Gasteiger partial charge >= 0.3 is 5.97 Å². The van der Waals surface area contributed by atoms with Crippen LogP contribution < -0.4 is 53.6 Å². The highest BCUT2D eigenvalue weighted by molar-refractivity contribution is 6.02. The van der Waals surface area contributed by atoms with E-state index >= 15 is 19.2 Å². The third kappa shape index (κ3) is 36.9. The fourth-order valence-electron chi connectivity index (χ4n) is 14.0. The second-order valence-corrected chi connectivity index (χ2v) is 31.6. The Hall–Kier alpha value is -10.3. The van der Waals surface area contributed by atoms with E-state index in [-0.39, 0.29) is 35.5 Å². The molecule has 25 N–H and O–H groups in total. The number of aldehydes is 3. The molecule has 27 atom stereocenters. The second kappa shape index (κ2) is 59.4. The third-order valence-corrected chi connectivity index (χ3v) is 21.2. The Kier molecular flexibility index (Phi) is 52.1. The second-order valence-electron chi connectivity index (χ2n) is 31.6. The lowest BCUT2D eigenvalue weighted by atomic mass is 9.96. The van der Waals surface area contributed by atoms with Crippen molar-refractivity contribution in [3.63, 3.8) is 0 Å². The number of carbonyl (C=O) groups excluding carboxylic acids is 15. The predicted octanol–water partition coefficient (Wildman–Crippen LogP) is -7.38. The van der Waals surface area contributed by atoms with Gasteiger partial charge < -0.3 is 178 Å². The number of nitrogens with one attached hydrogen (secondary N) is 9. The number of hydrogen-bond acceptors (Lipinski definition) is 36. The van der Waals surface area contributed by atoms with Gasteiger partial charge in [-0.2, -0.15) is 0 Å². The average Bonchev–Trinajstić information content (AvgIpc) is 0.843. The number of esters is 1. The van der Waals surface area contributed by atoms with E-state index in [1.807, 2.05) is 0 Å². The summed E-state index contributed by atoms with van der Waals surface area (Å²) in [5, 5.41) is 174. The number of primary amides is 1. The minimum Gasteiger partial charge on any atom is -0.508 e. The molecule has 0 bridgehead atoms. The van der Waals surface area contributed by atoms with E-state index in [1.165, 1.54) is 76.2 Å². The molecule has 0 aliphatic carbocycles. The SMILES string of the molecule is C/C=C1\NC(=O)[C@@H](Cc2ccc(O)cc2)NC(=O)[C@H]([C@H](C)O)NC(=O)[C@@H](NC(=O)C(NC(=O)C(O)C(CCCCCCCCCCC)O[C@@H]2OC[C@@H](O)[C@@H](O[C@H]3O[C@@H](CO)[C@H](O)[C@@H](O)[C@@H]3NC(C)=O)[C@@H]2O)C(C)O)[C@@H](C)OC(=O)[C@H](Cc2ccc(O)cc2)NC(=O)C(C(C)O[C@@H]2O[C@@H](CO)[C@H](O)[C@@H](O)[C@H]2O)N(C)C(=O)CNC(=O)[C@@H](CCC(N)=O)NC1=O.CC=O.CC=O.CC=O. The van der Waals surface area contributed by atoms with E-state index in [0.29, 0.717) is 17.7 Å². The van der Waals surface area contributed by atoms with Crippen LogP contribution >= 0.6 is 0 Å². The highest BCUT2D eigenvalue weighted by Gasteiger charge is 2.52. The number of phenols is 2. The lowest BCUT2D eigenvalue weighted by Crippen LogP contribution is -2.67. The number of amides is 11. The van der Waals surface area contributed by atoms with Gasteiger partial charge in [-0.15, -0.1) is 0 Å². The number of cyclic esters (lactones) is 1. The Bertz CT molecular complexity index is 4010. The first-order chi connectivity index (χ1) is 62.4. The maximum Gasteiger partial charge on any atom is 0.329 e. The highest BCUT2D eigenvalue weighted by atomic mass is 16.7. The summed E-state index contributed by atoms with van der Waals surface area (Å²) < 4.78 is 40.9. The molecule has 744 valence electrons. The van der Waals surface area contributed by atoms with Crippen molar-refractivity contribution < 1.29 is 177 Å². The molecule has 4 saturated heterocycles. The number of ether oxygens (including phenoxy) is 7. The summed E-state index contributed by atoms with van der Waals surface area (Å²) in [6.45, 7) is 9.19. The number of allylic oxidation sites excluding steroid dienone is 1. The lowest BCUT2D eigenvalue weighted by molar-refractivity contribution is -0.339. The number of aliphatic hydroxyl groups is 12. The molecule has 47 heteroatoms. The van der Waals surface area contributed by atoms with E-state index in [1.54, 1.807) is 0 Å². The predicted molar refractivity (Wildman–Crippen MR) is 458 cm³/mol. The zero-order valence-electron chi connectivity index (χ0n) is 75.5. The van der Waals surface area contributed by atoms with Gasteiger partial charge in [-0.25, -0.2) is 4.79 Å². The van der Waals surface area contributed by atoms with Crippen molar-refractivity contribution in [2.45, 2.75) is 324 Å². The molecule has 2 aromatic carbocycles. The molecule has 4 heterocycles. The zero-order valence-corrected chi connectivity index (χ0v) is 75.5. The van der Waals surface area contributed by atoms with Gasteiger partial charge in [0.15, 0.2) is 25.0 Å². The molecular formula is C85H133N11O36. The van der Waals surface area contributed by atoms with Gasteiger partial charge in [0.25, 0.3) is 11.8 Å². The molecule has 0 saturated carbocycles. The van der Waals surface area contributed by atoms with E-state index in [4.69, 9.17) is 53.3 Å². The standard InChI is InChI=1S/C79H121N11O33.3C2H4O/c1-9-11-12-13-14-15-16-17-18-19-50(120-78-66(107)67(49(98)35-117-78)123-77-58(82-40(7)95)63(104)60(101)51(33-91)121-77)62(103)75(115)88-56(37(4)94)72(112)89-57-38(5)118-76(116)48(31-42-22-26-44(97)27-23-42)86-74(114)59(39(6)119-79-65(106)64(105)61(102)52(34-92)122-79)90(8)54(100)32-81-68(108)46(28-29-53(80)99)84-69(109)45(10-2)83-70(110)47(30-41-20-24-43(96)25-21-41)85-71(111)55(36(3)93)87-73(57)113;3*1-2-3/h10,20-27,36-39,46-52,55-67,77-79,91-94,96-98,101-107H,9,11-19,28-35H2,1-8H3,(H2,80,99)(H,81,108)(H,82,95)(H,83,110)(H,84,109)(H,85,111)(H,86,114)(H,87,113)(H,88,115)(H,89,112);3*2H,1H3/b45-10-;;;/t36-,37?,38+,39?,46+,47+,48-,49+,50?,51-,52-,55-,56?,57-,58-,59?,60-,61-,62?,63-,64+,65+,66-,67+,77+,78-,79+;;;/m0.../s1. The van der Waals surface area contributed by atoms with Gasteiger partial charge in [0.2, 0.25) is 53.2 Å². The zero-order chi connectivity index (χ0) is 99.5. The van der Waals surface area contributed by atoms with Crippen molar-refractivity contribution in [3.05, 3.63) is 71.4 Å². The summed E-state index contributed by atoms with van der Waals surface area (Å²) >= 11 is 0. The van der Waals surface area contributed by atoms with Crippen LogP contribution in [-0.2, 0) is 118 Å². The lowest BCUT2D eigenvalue weighted by Gasteiger charge is -2.46. The van der Waals surface area contributed by atoms with Crippen molar-refractivity contribution in [1.29, 1.82) is 0 Å². The number of likely N-dealkylation sites (N-methyl/N-ethyl adjacent to an activating group) is 1. The van der Waals surface area contributed by atoms with E-state index < -0.39 is 294 Å². The van der Waals surface area contributed by atoms with Crippen LogP contribution in [0.3, 0.4) is 0 Å². The van der Waals surface area contributed by atoms with Gasteiger partial charge in [-0.1, -0.05) is 95.1 Å². The molecule has 2 aromatic rings. The molecule has 4 aliphatic heterocycles. The first-order valence-corrected chi connectivity index (χ1v) is 43.2. The first-order valence-electron chi connectivity index (χ1n) is 43.2. The Balaban J connectivity index is 0.00000478. The Labute approximate surface area is 762 Å². The minimum absolute atomic E-state index is 0.133. The molecular weight excluding hydrogens is 1750 g/mol. The van der Waals surface area contributed by atoms with Gasteiger partial charge in [0, 0.05) is 33.2 Å². The van der Waals surface area contributed by atoms with Crippen molar-refractivity contribution in [1.82, 2.24) is 52.8 Å². The van der Waals surface area contributed by atoms with Gasteiger partial charge in [0.1, 0.15) is 152 Å². The fourth-order valence-corrected chi connectivity index (χ4v) is 14.0. The quantitative estimate of drug-likeness (QED) is 0.0134. The fraction of sp³-hybridized carbons (Fsp3) is 0.659. The van der Waals surface area contributed by atoms with Crippen molar-refractivity contribution in [2.75, 3.05) is 33.4 Å². The number of rotatable bonds is 34. The highest BCUT2D eigenvalue weighted by Crippen LogP contribution is 2.31. The Morgan fingerprint density at radius 1 is 0.614 bits per heavy atom. The number of nitrogens with zero attached hydrogens (tertiary/aromatic N) is 1. The summed E-state index contributed by atoms with van der Waals surface area (Å²) in [7, 11) is 0.992. The van der Waals surface area contributed by atoms with Crippen LogP contribution in [-0.4, -0.2) is 364 Å². The Morgan fingerprint density at radius 3 is 1.65 bits per heavy atom. The van der Waals surface area contributed by atoms with E-state index in [0.717, 1.165) is 105 Å². The van der Waals surface area contributed by atoms with Crippen molar-refractivity contribution in [3.8, 4) is 11.5 Å². The van der Waals surface area contributed by atoms with Gasteiger partial charge in [-0.3, -0.25) is 52.7 Å². The van der Waals surface area contributed by atoms with Crippen LogP contribution in [0.1, 0.15) is 157 Å². The summed E-state index contributed by atoms with van der Waals surface area (Å²) in [6, 6.07) is -6.20. The molecule has 6 rings (SSSR count). The number of aromatic hydroxyl groups is 2. The minimum atomic E-state index is -2.41. The largest absolute Gasteiger partial charge is 0.508 e. The first kappa shape index (κ1) is 116.